The highest BCUT2D eigenvalue weighted by Crippen LogP contribution is 2.19. The molecule has 0 amide bonds. The van der Waals surface area contributed by atoms with Crippen LogP contribution in [0.25, 0.3) is 34.0 Å². The van der Waals surface area contributed by atoms with E-state index < -0.39 is 0 Å². The predicted octanol–water partition coefficient (Wildman–Crippen LogP) is 1.62. The Morgan fingerprint density at radius 1 is 1.00 bits per heavy atom. The first kappa shape index (κ1) is 9.23. The fourth-order valence-corrected chi connectivity index (χ4v) is 1.64. The van der Waals surface area contributed by atoms with Gasteiger partial charge in [-0.2, -0.15) is 9.97 Å². The Morgan fingerprint density at radius 2 is 2.00 bits per heavy atom. The van der Waals surface area contributed by atoms with Crippen molar-refractivity contribution in [1.82, 2.24) is 24.9 Å². The molecule has 4 aromatic rings. The minimum Gasteiger partial charge on any atom is -0.431 e. The Balaban J connectivity index is 1.93. The highest BCUT2D eigenvalue weighted by molar-refractivity contribution is 5.73. The van der Waals surface area contributed by atoms with E-state index in [1.165, 1.54) is 6.39 Å². The largest absolute Gasteiger partial charge is 0.431 e. The van der Waals surface area contributed by atoms with Gasteiger partial charge in [-0.3, -0.25) is 0 Å². The van der Waals surface area contributed by atoms with E-state index in [1.807, 2.05) is 0 Å². The van der Waals surface area contributed by atoms with Crippen molar-refractivity contribution in [3.63, 3.8) is 0 Å². The first-order valence-electron chi connectivity index (χ1n) is 5.10. The zero-order valence-corrected chi connectivity index (χ0v) is 8.86. The summed E-state index contributed by atoms with van der Waals surface area (Å²) in [6.45, 7) is 0. The molecule has 0 atom stereocenters. The van der Waals surface area contributed by atoms with E-state index in [9.17, 15) is 0 Å². The number of rotatable bonds is 1. The van der Waals surface area contributed by atoms with Crippen LogP contribution in [0.15, 0.2) is 33.6 Å². The fraction of sp³-hybridized carbons (Fsp3) is 0. The molecule has 0 unspecified atom stereocenters. The van der Waals surface area contributed by atoms with Gasteiger partial charge in [0.15, 0.2) is 17.6 Å². The van der Waals surface area contributed by atoms with E-state index in [0.717, 1.165) is 0 Å². The van der Waals surface area contributed by atoms with E-state index in [4.69, 9.17) is 8.83 Å². The highest BCUT2D eigenvalue weighted by Gasteiger charge is 2.09. The maximum Gasteiger partial charge on any atom is 0.286 e. The van der Waals surface area contributed by atoms with E-state index in [-0.39, 0.29) is 0 Å². The zero-order valence-electron chi connectivity index (χ0n) is 8.86. The van der Waals surface area contributed by atoms with Crippen molar-refractivity contribution >= 4 is 22.6 Å². The lowest BCUT2D eigenvalue weighted by Crippen LogP contribution is -1.90. The van der Waals surface area contributed by atoms with Crippen molar-refractivity contribution in [2.75, 3.05) is 0 Å². The van der Waals surface area contributed by atoms with Crippen LogP contribution in [0.4, 0.5) is 0 Å². The van der Waals surface area contributed by atoms with Crippen molar-refractivity contribution in [3.05, 3.63) is 31.1 Å². The molecule has 0 aliphatic rings. The number of hydrogen-bond donors (Lipinski definition) is 0. The van der Waals surface area contributed by atoms with Gasteiger partial charge in [0.05, 0.1) is 11.9 Å². The summed E-state index contributed by atoms with van der Waals surface area (Å²) in [5, 5.41) is 0. The fourth-order valence-electron chi connectivity index (χ4n) is 1.64. The van der Waals surface area contributed by atoms with Crippen LogP contribution in [-0.2, 0) is 0 Å². The molecule has 85 valence electrons. The summed E-state index contributed by atoms with van der Waals surface area (Å²) < 4.78 is 10.1. The number of fused-ring (bicyclic) bond motifs is 2. The normalized spacial score (nSPS) is 11.3. The van der Waals surface area contributed by atoms with Gasteiger partial charge in [-0.25, -0.2) is 15.0 Å². The molecular weight excluding hydrogens is 234 g/mol. The molecular formula is C11H4N5O2. The van der Waals surface area contributed by atoms with E-state index in [0.29, 0.717) is 34.0 Å². The van der Waals surface area contributed by atoms with Crippen LogP contribution < -0.4 is 0 Å². The molecule has 0 saturated carbocycles. The van der Waals surface area contributed by atoms with Gasteiger partial charge in [-0.15, -0.1) is 0 Å². The van der Waals surface area contributed by atoms with Crippen molar-refractivity contribution in [2.45, 2.75) is 0 Å². The minimum absolute atomic E-state index is 0.376. The third-order valence-corrected chi connectivity index (χ3v) is 2.47. The molecule has 7 heteroatoms. The molecule has 0 saturated heterocycles. The Hall–Kier alpha value is -2.83. The molecule has 0 bridgehead atoms. The van der Waals surface area contributed by atoms with Gasteiger partial charge < -0.3 is 8.83 Å². The van der Waals surface area contributed by atoms with Crippen molar-refractivity contribution in [3.8, 4) is 11.4 Å². The van der Waals surface area contributed by atoms with Crippen molar-refractivity contribution < 1.29 is 8.83 Å². The summed E-state index contributed by atoms with van der Waals surface area (Å²) in [4.78, 5) is 20.5. The van der Waals surface area contributed by atoms with Gasteiger partial charge in [-0.05, 0) is 12.1 Å². The summed E-state index contributed by atoms with van der Waals surface area (Å²) in [5.41, 5.74) is 3.12. The predicted molar refractivity (Wildman–Crippen MR) is 59.2 cm³/mol. The van der Waals surface area contributed by atoms with Crippen molar-refractivity contribution in [2.24, 2.45) is 0 Å². The average molecular weight is 238 g/mol. The van der Waals surface area contributed by atoms with Gasteiger partial charge in [0.25, 0.3) is 12.1 Å². The number of aromatic nitrogens is 5. The Bertz CT molecular complexity index is 779. The van der Waals surface area contributed by atoms with Gasteiger partial charge in [-0.1, -0.05) is 0 Å². The summed E-state index contributed by atoms with van der Waals surface area (Å²) in [7, 11) is 0. The van der Waals surface area contributed by atoms with Crippen LogP contribution in [0.1, 0.15) is 0 Å². The molecule has 0 N–H and O–H groups in total. The van der Waals surface area contributed by atoms with Gasteiger partial charge in [0, 0.05) is 0 Å². The molecule has 0 aliphatic heterocycles. The molecule has 0 aromatic carbocycles. The van der Waals surface area contributed by atoms with E-state index in [1.54, 1.807) is 18.3 Å². The topological polar surface area (TPSA) is 90.7 Å². The standard InChI is InChI=1S/C11H4N5O2/c1-2-8-9(13-4-17-8)15-6(1)7-3-12-10-11(16-7)18-5-14-10/h1-3,5H. The molecule has 7 nitrogen and oxygen atoms in total. The van der Waals surface area contributed by atoms with Crippen LogP contribution in [0, 0.1) is 6.39 Å². The third-order valence-electron chi connectivity index (χ3n) is 2.47. The SMILES string of the molecule is [c]1nc2nc(-c3cnc4ncoc4n3)ccc2o1. The third kappa shape index (κ3) is 1.27. The van der Waals surface area contributed by atoms with Crippen molar-refractivity contribution in [1.29, 1.82) is 0 Å². The number of pyridine rings is 1. The maximum atomic E-state index is 5.10. The van der Waals surface area contributed by atoms with Crippen LogP contribution in [0.2, 0.25) is 0 Å². The van der Waals surface area contributed by atoms with Crippen LogP contribution in [0.5, 0.6) is 0 Å². The summed E-state index contributed by atoms with van der Waals surface area (Å²) in [5.74, 6) is 0. The van der Waals surface area contributed by atoms with Gasteiger partial charge in [0.2, 0.25) is 5.65 Å². The smallest absolute Gasteiger partial charge is 0.286 e. The first-order chi connectivity index (χ1) is 8.90. The number of nitrogens with zero attached hydrogens (tertiary/aromatic N) is 5. The minimum atomic E-state index is 0.376. The first-order valence-corrected chi connectivity index (χ1v) is 5.10. The molecule has 0 spiro atoms. The Labute approximate surface area is 99.5 Å². The van der Waals surface area contributed by atoms with Gasteiger partial charge >= 0.3 is 0 Å². The lowest BCUT2D eigenvalue weighted by molar-refractivity contribution is 0.591. The van der Waals surface area contributed by atoms with Gasteiger partial charge in [0.1, 0.15) is 5.69 Å². The Morgan fingerprint density at radius 3 is 3.00 bits per heavy atom. The molecule has 0 aliphatic carbocycles. The zero-order chi connectivity index (χ0) is 11.9. The summed E-state index contributed by atoms with van der Waals surface area (Å²) in [6, 6.07) is 3.53. The second kappa shape index (κ2) is 3.33. The maximum absolute atomic E-state index is 5.10. The van der Waals surface area contributed by atoms with Crippen LogP contribution >= 0.6 is 0 Å². The quantitative estimate of drug-likeness (QED) is 0.497. The monoisotopic (exact) mass is 238 g/mol. The van der Waals surface area contributed by atoms with Crippen LogP contribution in [0.3, 0.4) is 0 Å². The van der Waals surface area contributed by atoms with E-state index in [2.05, 4.69) is 31.3 Å². The second-order valence-electron chi connectivity index (χ2n) is 3.56. The second-order valence-corrected chi connectivity index (χ2v) is 3.56. The summed E-state index contributed by atoms with van der Waals surface area (Å²) in [6.07, 6.45) is 5.28. The number of hydrogen-bond acceptors (Lipinski definition) is 7. The Kier molecular flexibility index (Phi) is 1.71. The highest BCUT2D eigenvalue weighted by atomic mass is 16.3. The molecule has 18 heavy (non-hydrogen) atoms. The van der Waals surface area contributed by atoms with E-state index >= 15 is 0 Å². The molecule has 1 radical (unpaired) electrons. The molecule has 4 rings (SSSR count). The molecule has 4 aromatic heterocycles. The molecule has 0 fully saturated rings. The van der Waals surface area contributed by atoms with Crippen LogP contribution in [-0.4, -0.2) is 24.9 Å². The average Bonchev–Trinajstić information content (AvgIpc) is 3.05. The lowest BCUT2D eigenvalue weighted by Gasteiger charge is -1.97. The summed E-state index contributed by atoms with van der Waals surface area (Å²) >= 11 is 0. The lowest BCUT2D eigenvalue weighted by atomic mass is 10.3. The molecule has 4 heterocycles. The number of oxazole rings is 2.